The molecule has 3 amide bonds. The minimum absolute atomic E-state index is 0.0676. The van der Waals surface area contributed by atoms with Gasteiger partial charge in [-0.2, -0.15) is 0 Å². The number of amides is 3. The lowest BCUT2D eigenvalue weighted by atomic mass is 9.83. The van der Waals surface area contributed by atoms with E-state index in [-0.39, 0.29) is 24.1 Å². The average molecular weight is 411 g/mol. The van der Waals surface area contributed by atoms with E-state index in [1.54, 1.807) is 4.90 Å². The molecule has 7 nitrogen and oxygen atoms in total. The molecular weight excluding hydrogens is 380 g/mol. The zero-order valence-corrected chi connectivity index (χ0v) is 17.4. The highest BCUT2D eigenvalue weighted by Gasteiger charge is 2.40. The lowest BCUT2D eigenvalue weighted by molar-refractivity contribution is -0.136. The van der Waals surface area contributed by atoms with Crippen LogP contribution < -0.4 is 10.6 Å². The van der Waals surface area contributed by atoms with Gasteiger partial charge in [-0.05, 0) is 74.8 Å². The number of nitrogens with one attached hydrogen (secondary N) is 2. The molecule has 2 atom stereocenters. The zero-order chi connectivity index (χ0) is 20.7. The summed E-state index contributed by atoms with van der Waals surface area (Å²) in [5.74, 6) is 0.983. The lowest BCUT2D eigenvalue weighted by Crippen LogP contribution is -2.52. The van der Waals surface area contributed by atoms with Gasteiger partial charge >= 0.3 is 0 Å². The molecule has 2 N–H and O–H groups in total. The highest BCUT2D eigenvalue weighted by atomic mass is 16.2. The van der Waals surface area contributed by atoms with Gasteiger partial charge in [0.2, 0.25) is 11.8 Å². The Balaban J connectivity index is 1.26. The van der Waals surface area contributed by atoms with Gasteiger partial charge < -0.3 is 10.2 Å². The maximum absolute atomic E-state index is 13.2. The van der Waals surface area contributed by atoms with Gasteiger partial charge in [-0.1, -0.05) is 18.2 Å². The van der Waals surface area contributed by atoms with Crippen molar-refractivity contribution in [3.63, 3.8) is 0 Å². The first-order chi connectivity index (χ1) is 14.6. The molecule has 1 aromatic rings. The van der Waals surface area contributed by atoms with Gasteiger partial charge in [-0.15, -0.1) is 0 Å². The van der Waals surface area contributed by atoms with E-state index in [2.05, 4.69) is 21.6 Å². The van der Waals surface area contributed by atoms with Crippen molar-refractivity contribution in [2.24, 2.45) is 11.8 Å². The van der Waals surface area contributed by atoms with Gasteiger partial charge in [0, 0.05) is 25.1 Å². The van der Waals surface area contributed by atoms with Gasteiger partial charge in [0.1, 0.15) is 6.04 Å². The van der Waals surface area contributed by atoms with E-state index in [4.69, 9.17) is 0 Å². The summed E-state index contributed by atoms with van der Waals surface area (Å²) in [5, 5.41) is 5.86. The molecule has 0 bridgehead atoms. The molecule has 0 spiro atoms. The van der Waals surface area contributed by atoms with Crippen molar-refractivity contribution < 1.29 is 14.4 Å². The minimum Gasteiger partial charge on any atom is -0.322 e. The Morgan fingerprint density at radius 1 is 1.00 bits per heavy atom. The number of benzene rings is 1. The number of nitrogens with zero attached hydrogens (tertiary/aromatic N) is 2. The van der Waals surface area contributed by atoms with Crippen LogP contribution in [0, 0.1) is 11.8 Å². The van der Waals surface area contributed by atoms with Crippen molar-refractivity contribution in [2.75, 3.05) is 26.2 Å². The molecule has 7 heteroatoms. The Labute approximate surface area is 177 Å². The molecule has 5 rings (SSSR count). The fourth-order valence-electron chi connectivity index (χ4n) is 5.72. The van der Waals surface area contributed by atoms with Crippen LogP contribution in [-0.2, 0) is 22.7 Å². The van der Waals surface area contributed by atoms with Crippen LogP contribution in [0.3, 0.4) is 0 Å². The van der Waals surface area contributed by atoms with Crippen molar-refractivity contribution in [1.29, 1.82) is 0 Å². The molecule has 0 aliphatic carbocycles. The summed E-state index contributed by atoms with van der Waals surface area (Å²) in [6.45, 7) is 5.72. The molecule has 0 radical (unpaired) electrons. The third kappa shape index (κ3) is 3.65. The first-order valence-electron chi connectivity index (χ1n) is 11.3. The minimum atomic E-state index is -0.550. The number of hydrogen-bond acceptors (Lipinski definition) is 5. The average Bonchev–Trinajstić information content (AvgIpc) is 3.38. The van der Waals surface area contributed by atoms with Gasteiger partial charge in [0.25, 0.3) is 5.91 Å². The molecule has 4 aliphatic rings. The molecular formula is C23H30N4O3. The normalized spacial score (nSPS) is 28.1. The predicted molar refractivity (Wildman–Crippen MR) is 111 cm³/mol. The number of carbonyl (C=O) groups excluding carboxylic acids is 3. The monoisotopic (exact) mass is 410 g/mol. The zero-order valence-electron chi connectivity index (χ0n) is 17.4. The van der Waals surface area contributed by atoms with Crippen molar-refractivity contribution in [3.8, 4) is 0 Å². The Bertz CT molecular complexity index is 856. The first kappa shape index (κ1) is 19.7. The number of carbonyl (C=O) groups is 3. The maximum atomic E-state index is 13.2. The summed E-state index contributed by atoms with van der Waals surface area (Å²) in [4.78, 5) is 41.1. The molecule has 3 saturated heterocycles. The number of fused-ring (bicyclic) bond motifs is 1. The van der Waals surface area contributed by atoms with E-state index in [1.165, 1.54) is 25.8 Å². The largest absolute Gasteiger partial charge is 0.322 e. The molecule has 3 fully saturated rings. The maximum Gasteiger partial charge on any atom is 0.255 e. The van der Waals surface area contributed by atoms with Gasteiger partial charge in [0.15, 0.2) is 0 Å². The third-order valence-electron chi connectivity index (χ3n) is 7.43. The van der Waals surface area contributed by atoms with Gasteiger partial charge in [-0.3, -0.25) is 24.6 Å². The number of piperidine rings is 2. The number of likely N-dealkylation sites (tertiary alicyclic amines) is 1. The van der Waals surface area contributed by atoms with Crippen LogP contribution in [0.25, 0.3) is 0 Å². The summed E-state index contributed by atoms with van der Waals surface area (Å²) < 4.78 is 0. The summed E-state index contributed by atoms with van der Waals surface area (Å²) >= 11 is 0. The Morgan fingerprint density at radius 3 is 2.57 bits per heavy atom. The lowest BCUT2D eigenvalue weighted by Gasteiger charge is -2.35. The highest BCUT2D eigenvalue weighted by Crippen LogP contribution is 2.33. The summed E-state index contributed by atoms with van der Waals surface area (Å²) in [5.41, 5.74) is 2.83. The topological polar surface area (TPSA) is 81.8 Å². The molecule has 0 aromatic heterocycles. The standard InChI is InChI=1S/C23H30N4O3/c28-20-5-4-19(22(29)25-20)27-14-18-3-1-2-17(21(18)23(27)30)13-26-10-7-15(8-11-26)16-6-9-24-12-16/h1-3,15-16,19,24H,4-14H2,(H,25,28,29). The van der Waals surface area contributed by atoms with Crippen LogP contribution in [0.4, 0.5) is 0 Å². The van der Waals surface area contributed by atoms with E-state index in [0.717, 1.165) is 54.7 Å². The van der Waals surface area contributed by atoms with E-state index in [1.807, 2.05) is 12.1 Å². The SMILES string of the molecule is O=C1CCC(N2Cc3cccc(CN4CCC(C5CCNC5)CC4)c3C2=O)C(=O)N1. The third-order valence-corrected chi connectivity index (χ3v) is 7.43. The van der Waals surface area contributed by atoms with Crippen molar-refractivity contribution in [3.05, 3.63) is 34.9 Å². The smallest absolute Gasteiger partial charge is 0.255 e. The van der Waals surface area contributed by atoms with Crippen molar-refractivity contribution in [2.45, 2.75) is 51.2 Å². The van der Waals surface area contributed by atoms with Crippen LogP contribution in [0.1, 0.15) is 53.6 Å². The molecule has 2 unspecified atom stereocenters. The summed E-state index contributed by atoms with van der Waals surface area (Å²) in [6, 6.07) is 5.51. The quantitative estimate of drug-likeness (QED) is 0.731. The first-order valence-corrected chi connectivity index (χ1v) is 11.3. The van der Waals surface area contributed by atoms with Crippen LogP contribution in [0.15, 0.2) is 18.2 Å². The Morgan fingerprint density at radius 2 is 1.83 bits per heavy atom. The molecule has 160 valence electrons. The van der Waals surface area contributed by atoms with E-state index >= 15 is 0 Å². The van der Waals surface area contributed by atoms with Crippen LogP contribution >= 0.6 is 0 Å². The Hall–Kier alpha value is -2.25. The Kier molecular flexibility index (Phi) is 5.33. The number of hydrogen-bond donors (Lipinski definition) is 2. The molecule has 4 heterocycles. The fourth-order valence-corrected chi connectivity index (χ4v) is 5.72. The van der Waals surface area contributed by atoms with E-state index in [9.17, 15) is 14.4 Å². The molecule has 0 saturated carbocycles. The van der Waals surface area contributed by atoms with Gasteiger partial charge in [-0.25, -0.2) is 0 Å². The number of rotatable bonds is 4. The highest BCUT2D eigenvalue weighted by molar-refractivity contribution is 6.05. The second-order valence-corrected chi connectivity index (χ2v) is 9.22. The molecule has 1 aromatic carbocycles. The second kappa shape index (κ2) is 8.12. The van der Waals surface area contributed by atoms with Gasteiger partial charge in [0.05, 0.1) is 0 Å². The second-order valence-electron chi connectivity index (χ2n) is 9.22. The van der Waals surface area contributed by atoms with Crippen LogP contribution in [-0.4, -0.2) is 59.7 Å². The summed E-state index contributed by atoms with van der Waals surface area (Å²) in [6.07, 6.45) is 4.47. The van der Waals surface area contributed by atoms with Crippen molar-refractivity contribution in [1.82, 2.24) is 20.4 Å². The van der Waals surface area contributed by atoms with E-state index < -0.39 is 6.04 Å². The molecule has 30 heavy (non-hydrogen) atoms. The molecule has 4 aliphatic heterocycles. The van der Waals surface area contributed by atoms with Crippen molar-refractivity contribution >= 4 is 17.7 Å². The predicted octanol–water partition coefficient (Wildman–Crippen LogP) is 1.27. The van der Waals surface area contributed by atoms with Crippen LogP contribution in [0.2, 0.25) is 0 Å². The van der Waals surface area contributed by atoms with Crippen LogP contribution in [0.5, 0.6) is 0 Å². The summed E-state index contributed by atoms with van der Waals surface area (Å²) in [7, 11) is 0. The van der Waals surface area contributed by atoms with E-state index in [0.29, 0.717) is 13.0 Å². The fraction of sp³-hybridized carbons (Fsp3) is 0.609. The number of imide groups is 1.